The Kier molecular flexibility index (Phi) is 5.96. The predicted molar refractivity (Wildman–Crippen MR) is 121 cm³/mol. The molecule has 1 N–H and O–H groups in total. The van der Waals surface area contributed by atoms with Crippen molar-refractivity contribution in [3.8, 4) is 0 Å². The number of carbonyl (C=O) groups is 2. The van der Waals surface area contributed by atoms with Crippen molar-refractivity contribution >= 4 is 11.9 Å². The van der Waals surface area contributed by atoms with E-state index in [-0.39, 0.29) is 11.8 Å². The topological polar surface area (TPSA) is 73.7 Å². The van der Waals surface area contributed by atoms with E-state index in [0.717, 1.165) is 44.3 Å². The van der Waals surface area contributed by atoms with Gasteiger partial charge in [0.05, 0.1) is 5.92 Å². The number of pyridine rings is 1. The smallest absolute Gasteiger partial charge is 0.325 e. The SMILES string of the molecule is O=C(O)[C@@H](c1ccccc1)N1CC(C(=O)N2CCC(c3ccc4c(n3)CCCC4)CC2)C1. The lowest BCUT2D eigenvalue weighted by Crippen LogP contribution is -2.57. The molecule has 3 heterocycles. The molecule has 0 unspecified atom stereocenters. The highest BCUT2D eigenvalue weighted by atomic mass is 16.4. The van der Waals surface area contributed by atoms with Gasteiger partial charge in [-0.25, -0.2) is 0 Å². The van der Waals surface area contributed by atoms with Gasteiger partial charge in [-0.2, -0.15) is 0 Å². The number of hydrogen-bond acceptors (Lipinski definition) is 4. The number of hydrogen-bond donors (Lipinski definition) is 1. The van der Waals surface area contributed by atoms with E-state index < -0.39 is 12.0 Å². The Balaban J connectivity index is 1.15. The number of likely N-dealkylation sites (tertiary alicyclic amines) is 2. The number of aliphatic carboxylic acids is 1. The fraction of sp³-hybridized carbons (Fsp3) is 0.500. The van der Waals surface area contributed by atoms with Crippen LogP contribution in [0.2, 0.25) is 0 Å². The highest BCUT2D eigenvalue weighted by molar-refractivity contribution is 5.81. The molecule has 0 bridgehead atoms. The standard InChI is InChI=1S/C26H31N3O3/c30-25(21-16-29(17-21)24(26(31)32)20-7-2-1-3-8-20)28-14-12-19(13-15-28)23-11-10-18-6-4-5-9-22(18)27-23/h1-3,7-8,10-11,19,21,24H,4-6,9,12-17H2,(H,31,32)/t24-/m1/s1. The summed E-state index contributed by atoms with van der Waals surface area (Å²) >= 11 is 0. The maximum atomic E-state index is 13.0. The Morgan fingerprint density at radius 3 is 2.41 bits per heavy atom. The molecular weight excluding hydrogens is 402 g/mol. The molecule has 2 aromatic rings. The van der Waals surface area contributed by atoms with Gasteiger partial charge in [-0.15, -0.1) is 0 Å². The van der Waals surface area contributed by atoms with Crippen LogP contribution in [-0.4, -0.2) is 57.9 Å². The van der Waals surface area contributed by atoms with Gasteiger partial charge in [0.2, 0.25) is 5.91 Å². The van der Waals surface area contributed by atoms with Crippen molar-refractivity contribution in [1.29, 1.82) is 0 Å². The third-order valence-corrected chi connectivity index (χ3v) is 7.40. The van der Waals surface area contributed by atoms with Crippen molar-refractivity contribution in [2.45, 2.75) is 50.5 Å². The number of nitrogens with zero attached hydrogens (tertiary/aromatic N) is 3. The molecule has 6 heteroatoms. The number of rotatable bonds is 5. The summed E-state index contributed by atoms with van der Waals surface area (Å²) < 4.78 is 0. The van der Waals surface area contributed by atoms with Crippen molar-refractivity contribution in [3.05, 3.63) is 65.0 Å². The quantitative estimate of drug-likeness (QED) is 0.782. The fourth-order valence-electron chi connectivity index (χ4n) is 5.50. The highest BCUT2D eigenvalue weighted by Crippen LogP contribution is 2.33. The lowest BCUT2D eigenvalue weighted by Gasteiger charge is -2.44. The molecule has 5 rings (SSSR count). The van der Waals surface area contributed by atoms with Gasteiger partial charge < -0.3 is 10.0 Å². The first-order valence-electron chi connectivity index (χ1n) is 11.9. The summed E-state index contributed by atoms with van der Waals surface area (Å²) in [6, 6.07) is 13.1. The summed E-state index contributed by atoms with van der Waals surface area (Å²) in [6.45, 7) is 2.55. The summed E-state index contributed by atoms with van der Waals surface area (Å²) in [5, 5.41) is 9.70. The summed E-state index contributed by atoms with van der Waals surface area (Å²) in [5.41, 5.74) is 4.66. The van der Waals surface area contributed by atoms with Gasteiger partial charge >= 0.3 is 5.97 Å². The minimum Gasteiger partial charge on any atom is -0.480 e. The monoisotopic (exact) mass is 433 g/mol. The number of benzene rings is 1. The molecule has 6 nitrogen and oxygen atoms in total. The number of carboxylic acid groups (broad SMARTS) is 1. The number of carbonyl (C=O) groups excluding carboxylic acids is 1. The van der Waals surface area contributed by atoms with Crippen molar-refractivity contribution in [1.82, 2.24) is 14.8 Å². The molecule has 1 amide bonds. The van der Waals surface area contributed by atoms with Crippen LogP contribution >= 0.6 is 0 Å². The zero-order valence-corrected chi connectivity index (χ0v) is 18.4. The Morgan fingerprint density at radius 2 is 1.69 bits per heavy atom. The van der Waals surface area contributed by atoms with Gasteiger partial charge in [-0.05, 0) is 55.7 Å². The number of aromatic nitrogens is 1. The van der Waals surface area contributed by atoms with E-state index in [1.807, 2.05) is 40.1 Å². The Morgan fingerprint density at radius 1 is 0.969 bits per heavy atom. The van der Waals surface area contributed by atoms with Crippen LogP contribution < -0.4 is 0 Å². The minimum absolute atomic E-state index is 0.0982. The zero-order chi connectivity index (χ0) is 22.1. The molecule has 3 aliphatic rings. The van der Waals surface area contributed by atoms with E-state index in [9.17, 15) is 14.7 Å². The van der Waals surface area contributed by atoms with Gasteiger partial charge in [0.25, 0.3) is 0 Å². The number of carboxylic acids is 1. The molecular formula is C26H31N3O3. The molecule has 1 aliphatic carbocycles. The summed E-state index contributed by atoms with van der Waals surface area (Å²) in [7, 11) is 0. The predicted octanol–water partition coefficient (Wildman–Crippen LogP) is 3.42. The highest BCUT2D eigenvalue weighted by Gasteiger charge is 2.42. The Labute approximate surface area is 189 Å². The van der Waals surface area contributed by atoms with E-state index in [2.05, 4.69) is 12.1 Å². The van der Waals surface area contributed by atoms with Crippen LogP contribution in [0.15, 0.2) is 42.5 Å². The molecule has 2 fully saturated rings. The lowest BCUT2D eigenvalue weighted by molar-refractivity contribution is -0.153. The molecule has 1 aromatic heterocycles. The molecule has 1 atom stereocenters. The molecule has 1 aromatic carbocycles. The molecule has 0 radical (unpaired) electrons. The van der Waals surface area contributed by atoms with E-state index in [0.29, 0.717) is 19.0 Å². The van der Waals surface area contributed by atoms with Crippen LogP contribution in [0.25, 0.3) is 0 Å². The fourth-order valence-corrected chi connectivity index (χ4v) is 5.50. The first-order chi connectivity index (χ1) is 15.6. The number of fused-ring (bicyclic) bond motifs is 1. The number of aryl methyl sites for hydroxylation is 2. The van der Waals surface area contributed by atoms with Crippen LogP contribution in [0.5, 0.6) is 0 Å². The average molecular weight is 434 g/mol. The van der Waals surface area contributed by atoms with E-state index in [1.165, 1.54) is 29.8 Å². The largest absolute Gasteiger partial charge is 0.480 e. The summed E-state index contributed by atoms with van der Waals surface area (Å²) in [6.07, 6.45) is 6.67. The van der Waals surface area contributed by atoms with Crippen molar-refractivity contribution in [2.75, 3.05) is 26.2 Å². The van der Waals surface area contributed by atoms with Crippen molar-refractivity contribution in [2.24, 2.45) is 5.92 Å². The first kappa shape index (κ1) is 21.1. The molecule has 2 aliphatic heterocycles. The van der Waals surface area contributed by atoms with Crippen LogP contribution in [0.4, 0.5) is 0 Å². The van der Waals surface area contributed by atoms with Crippen LogP contribution in [-0.2, 0) is 22.4 Å². The van der Waals surface area contributed by atoms with E-state index in [4.69, 9.17) is 4.98 Å². The molecule has 0 spiro atoms. The Hall–Kier alpha value is -2.73. The maximum absolute atomic E-state index is 13.0. The summed E-state index contributed by atoms with van der Waals surface area (Å²) in [4.78, 5) is 33.7. The van der Waals surface area contributed by atoms with Crippen LogP contribution in [0, 0.1) is 5.92 Å². The first-order valence-corrected chi connectivity index (χ1v) is 11.9. The second-order valence-electron chi connectivity index (χ2n) is 9.45. The molecule has 2 saturated heterocycles. The van der Waals surface area contributed by atoms with Crippen LogP contribution in [0.1, 0.15) is 60.2 Å². The number of amides is 1. The van der Waals surface area contributed by atoms with Crippen molar-refractivity contribution < 1.29 is 14.7 Å². The minimum atomic E-state index is -0.861. The van der Waals surface area contributed by atoms with Crippen molar-refractivity contribution in [3.63, 3.8) is 0 Å². The third kappa shape index (κ3) is 4.16. The molecule has 0 saturated carbocycles. The van der Waals surface area contributed by atoms with E-state index >= 15 is 0 Å². The average Bonchev–Trinajstić information content (AvgIpc) is 2.81. The van der Waals surface area contributed by atoms with Crippen LogP contribution in [0.3, 0.4) is 0 Å². The molecule has 168 valence electrons. The second-order valence-corrected chi connectivity index (χ2v) is 9.45. The third-order valence-electron chi connectivity index (χ3n) is 7.40. The van der Waals surface area contributed by atoms with Gasteiger partial charge in [0.15, 0.2) is 0 Å². The lowest BCUT2D eigenvalue weighted by atomic mass is 9.88. The Bertz CT molecular complexity index is 979. The normalized spacial score (nSPS) is 20.9. The van der Waals surface area contributed by atoms with Gasteiger partial charge in [0, 0.05) is 43.5 Å². The second kappa shape index (κ2) is 9.02. The molecule has 32 heavy (non-hydrogen) atoms. The van der Waals surface area contributed by atoms with Gasteiger partial charge in [0.1, 0.15) is 6.04 Å². The van der Waals surface area contributed by atoms with Gasteiger partial charge in [-0.3, -0.25) is 19.5 Å². The maximum Gasteiger partial charge on any atom is 0.325 e. The number of piperidine rings is 1. The van der Waals surface area contributed by atoms with Gasteiger partial charge in [-0.1, -0.05) is 36.4 Å². The van der Waals surface area contributed by atoms with E-state index in [1.54, 1.807) is 0 Å². The summed E-state index contributed by atoms with van der Waals surface area (Å²) in [5.74, 6) is -0.353. The zero-order valence-electron chi connectivity index (χ0n) is 18.4.